The molecule has 17 heavy (non-hydrogen) atoms. The van der Waals surface area contributed by atoms with Gasteiger partial charge in [-0.25, -0.2) is 4.39 Å². The van der Waals surface area contributed by atoms with Gasteiger partial charge in [-0.3, -0.25) is 4.90 Å². The lowest BCUT2D eigenvalue weighted by atomic mass is 10.1. The maximum absolute atomic E-state index is 13.6. The molecule has 2 rings (SSSR count). The van der Waals surface area contributed by atoms with E-state index in [-0.39, 0.29) is 5.82 Å². The Hall–Kier alpha value is -1.44. The van der Waals surface area contributed by atoms with E-state index in [2.05, 4.69) is 4.90 Å². The van der Waals surface area contributed by atoms with E-state index in [0.29, 0.717) is 30.3 Å². The Bertz CT molecular complexity index is 436. The van der Waals surface area contributed by atoms with Crippen LogP contribution in [-0.2, 0) is 11.3 Å². The van der Waals surface area contributed by atoms with Crippen molar-refractivity contribution in [3.8, 4) is 6.07 Å². The molecule has 90 valence electrons. The molecule has 0 N–H and O–H groups in total. The summed E-state index contributed by atoms with van der Waals surface area (Å²) in [6, 6.07) is 6.84. The van der Waals surface area contributed by atoms with E-state index in [0.717, 1.165) is 13.0 Å². The van der Waals surface area contributed by atoms with E-state index in [1.54, 1.807) is 6.07 Å². The number of ether oxygens (including phenoxy) is 1. The summed E-state index contributed by atoms with van der Waals surface area (Å²) in [5.41, 5.74) is 1.07. The van der Waals surface area contributed by atoms with Gasteiger partial charge in [0.05, 0.1) is 18.2 Å². The molecule has 1 unspecified atom stereocenters. The van der Waals surface area contributed by atoms with Crippen LogP contribution in [0.3, 0.4) is 0 Å². The van der Waals surface area contributed by atoms with Crippen LogP contribution in [0, 0.1) is 17.1 Å². The quantitative estimate of drug-likeness (QED) is 0.801. The van der Waals surface area contributed by atoms with Crippen molar-refractivity contribution in [1.82, 2.24) is 4.90 Å². The summed E-state index contributed by atoms with van der Waals surface area (Å²) >= 11 is 0. The van der Waals surface area contributed by atoms with Gasteiger partial charge in [0.1, 0.15) is 5.82 Å². The highest BCUT2D eigenvalue weighted by Crippen LogP contribution is 2.17. The first-order valence-electron chi connectivity index (χ1n) is 5.67. The van der Waals surface area contributed by atoms with Gasteiger partial charge < -0.3 is 4.74 Å². The molecule has 0 aromatic heterocycles. The van der Waals surface area contributed by atoms with Gasteiger partial charge in [-0.1, -0.05) is 0 Å². The fourth-order valence-electron chi connectivity index (χ4n) is 2.03. The van der Waals surface area contributed by atoms with Gasteiger partial charge in [0, 0.05) is 24.8 Å². The number of hydrogen-bond acceptors (Lipinski definition) is 3. The molecule has 1 atom stereocenters. The Balaban J connectivity index is 2.09. The summed E-state index contributed by atoms with van der Waals surface area (Å²) < 4.78 is 18.9. The third-order valence-corrected chi connectivity index (χ3v) is 3.12. The molecular formula is C13H15FN2O. The summed E-state index contributed by atoms with van der Waals surface area (Å²) in [5.74, 6) is -0.255. The van der Waals surface area contributed by atoms with Crippen LogP contribution in [0.5, 0.6) is 0 Å². The van der Waals surface area contributed by atoms with E-state index in [1.165, 1.54) is 12.1 Å². The maximum atomic E-state index is 13.6. The zero-order valence-corrected chi connectivity index (χ0v) is 9.82. The molecule has 0 aliphatic carbocycles. The lowest BCUT2D eigenvalue weighted by Gasteiger charge is -2.23. The van der Waals surface area contributed by atoms with Gasteiger partial charge in [-0.05, 0) is 31.7 Å². The zero-order valence-electron chi connectivity index (χ0n) is 9.82. The first kappa shape index (κ1) is 12.0. The highest BCUT2D eigenvalue weighted by molar-refractivity contribution is 5.33. The summed E-state index contributed by atoms with van der Waals surface area (Å²) in [4.78, 5) is 2.08. The van der Waals surface area contributed by atoms with E-state index in [4.69, 9.17) is 10.00 Å². The van der Waals surface area contributed by atoms with Crippen molar-refractivity contribution in [2.75, 3.05) is 20.3 Å². The van der Waals surface area contributed by atoms with Crippen molar-refractivity contribution in [2.45, 2.75) is 19.0 Å². The van der Waals surface area contributed by atoms with Gasteiger partial charge in [0.25, 0.3) is 0 Å². The second kappa shape index (κ2) is 5.26. The number of nitrogens with zero attached hydrogens (tertiary/aromatic N) is 2. The first-order valence-corrected chi connectivity index (χ1v) is 5.67. The van der Waals surface area contributed by atoms with Crippen LogP contribution in [0.2, 0.25) is 0 Å². The molecule has 0 spiro atoms. The maximum Gasteiger partial charge on any atom is 0.127 e. The molecular weight excluding hydrogens is 219 g/mol. The molecule has 1 heterocycles. The fourth-order valence-corrected chi connectivity index (χ4v) is 2.03. The lowest BCUT2D eigenvalue weighted by molar-refractivity contribution is 0.155. The van der Waals surface area contributed by atoms with Crippen LogP contribution in [0.25, 0.3) is 0 Å². The highest BCUT2D eigenvalue weighted by atomic mass is 19.1. The van der Waals surface area contributed by atoms with Crippen molar-refractivity contribution in [3.63, 3.8) is 0 Å². The molecule has 1 aliphatic rings. The Morgan fingerprint density at radius 1 is 1.59 bits per heavy atom. The Morgan fingerprint density at radius 3 is 3.06 bits per heavy atom. The predicted octanol–water partition coefficient (Wildman–Crippen LogP) is 1.92. The molecule has 1 saturated heterocycles. The topological polar surface area (TPSA) is 36.3 Å². The van der Waals surface area contributed by atoms with Gasteiger partial charge in [-0.2, -0.15) is 5.26 Å². The molecule has 1 aromatic carbocycles. The number of nitriles is 1. The van der Waals surface area contributed by atoms with Gasteiger partial charge >= 0.3 is 0 Å². The molecule has 4 heteroatoms. The number of rotatable bonds is 3. The monoisotopic (exact) mass is 234 g/mol. The molecule has 1 aliphatic heterocycles. The molecule has 1 fully saturated rings. The number of halogens is 1. The number of likely N-dealkylation sites (N-methyl/N-ethyl adjacent to an activating group) is 1. The second-order valence-corrected chi connectivity index (χ2v) is 4.35. The summed E-state index contributed by atoms with van der Waals surface area (Å²) in [7, 11) is 1.96. The van der Waals surface area contributed by atoms with Crippen molar-refractivity contribution < 1.29 is 9.13 Å². The summed E-state index contributed by atoms with van der Waals surface area (Å²) in [5, 5.41) is 8.79. The zero-order chi connectivity index (χ0) is 12.3. The second-order valence-electron chi connectivity index (χ2n) is 4.35. The Kier molecular flexibility index (Phi) is 3.72. The molecule has 0 radical (unpaired) electrons. The molecule has 0 amide bonds. The molecule has 3 nitrogen and oxygen atoms in total. The van der Waals surface area contributed by atoms with Gasteiger partial charge in [0.2, 0.25) is 0 Å². The normalized spacial score (nSPS) is 19.5. The number of hydrogen-bond donors (Lipinski definition) is 0. The van der Waals surface area contributed by atoms with Crippen LogP contribution in [-0.4, -0.2) is 31.2 Å². The van der Waals surface area contributed by atoms with Gasteiger partial charge in [-0.15, -0.1) is 0 Å². The van der Waals surface area contributed by atoms with Crippen molar-refractivity contribution >= 4 is 0 Å². The van der Waals surface area contributed by atoms with E-state index < -0.39 is 0 Å². The summed E-state index contributed by atoms with van der Waals surface area (Å²) in [6.45, 7) is 1.99. The highest BCUT2D eigenvalue weighted by Gasteiger charge is 2.21. The average molecular weight is 234 g/mol. The first-order chi connectivity index (χ1) is 8.20. The smallest absolute Gasteiger partial charge is 0.127 e. The summed E-state index contributed by atoms with van der Waals surface area (Å²) in [6.07, 6.45) is 0.982. The van der Waals surface area contributed by atoms with Crippen LogP contribution in [0.15, 0.2) is 18.2 Å². The van der Waals surface area contributed by atoms with Crippen LogP contribution in [0.1, 0.15) is 17.5 Å². The van der Waals surface area contributed by atoms with E-state index in [1.807, 2.05) is 13.1 Å². The Morgan fingerprint density at radius 2 is 2.41 bits per heavy atom. The third kappa shape index (κ3) is 2.82. The standard InChI is InChI=1S/C13H15FN2O/c1-16(12-4-5-17-9-12)8-11-6-10(7-15)2-3-13(11)14/h2-3,6,12H,4-5,8-9H2,1H3. The third-order valence-electron chi connectivity index (χ3n) is 3.12. The SMILES string of the molecule is CN(Cc1cc(C#N)ccc1F)C1CCOC1. The van der Waals surface area contributed by atoms with Crippen molar-refractivity contribution in [2.24, 2.45) is 0 Å². The van der Waals surface area contributed by atoms with Crippen LogP contribution in [0.4, 0.5) is 4.39 Å². The lowest BCUT2D eigenvalue weighted by Crippen LogP contribution is -2.31. The predicted molar refractivity (Wildman–Crippen MR) is 61.8 cm³/mol. The van der Waals surface area contributed by atoms with Gasteiger partial charge in [0.15, 0.2) is 0 Å². The van der Waals surface area contributed by atoms with Crippen molar-refractivity contribution in [1.29, 1.82) is 5.26 Å². The molecule has 0 saturated carbocycles. The minimum absolute atomic E-state index is 0.255. The largest absolute Gasteiger partial charge is 0.380 e. The fraction of sp³-hybridized carbons (Fsp3) is 0.462. The molecule has 1 aromatic rings. The van der Waals surface area contributed by atoms with Crippen LogP contribution >= 0.6 is 0 Å². The molecule has 0 bridgehead atoms. The minimum Gasteiger partial charge on any atom is -0.380 e. The van der Waals surface area contributed by atoms with Crippen LogP contribution < -0.4 is 0 Å². The Labute approximate surface area is 100 Å². The average Bonchev–Trinajstić information content (AvgIpc) is 2.85. The minimum atomic E-state index is -0.255. The number of benzene rings is 1. The van der Waals surface area contributed by atoms with E-state index >= 15 is 0 Å². The van der Waals surface area contributed by atoms with E-state index in [9.17, 15) is 4.39 Å². The van der Waals surface area contributed by atoms with Crippen molar-refractivity contribution in [3.05, 3.63) is 35.1 Å².